The molecule has 1 heterocycles. The molecule has 0 unspecified atom stereocenters. The summed E-state index contributed by atoms with van der Waals surface area (Å²) in [6.07, 6.45) is -0.447. The van der Waals surface area contributed by atoms with E-state index in [2.05, 4.69) is 10.1 Å². The van der Waals surface area contributed by atoms with Gasteiger partial charge in [-0.15, -0.1) is 0 Å². The number of carbonyl (C=O) groups is 4. The summed E-state index contributed by atoms with van der Waals surface area (Å²) in [6.45, 7) is -0.765. The molecule has 2 N–H and O–H groups in total. The van der Waals surface area contributed by atoms with Crippen molar-refractivity contribution in [3.63, 3.8) is 0 Å². The van der Waals surface area contributed by atoms with Crippen LogP contribution in [0.4, 0.5) is 17.6 Å². The number of carboxylic acid groups (broad SMARTS) is 1. The van der Waals surface area contributed by atoms with Gasteiger partial charge in [-0.1, -0.05) is 23.7 Å². The number of aliphatic carboxylic acids is 1. The van der Waals surface area contributed by atoms with E-state index in [0.717, 1.165) is 0 Å². The Labute approximate surface area is 213 Å². The maximum atomic E-state index is 13.8. The Bertz CT molecular complexity index is 1190. The van der Waals surface area contributed by atoms with Crippen LogP contribution in [0.25, 0.3) is 0 Å². The minimum atomic E-state index is -1.87. The number of ether oxygens (including phenoxy) is 1. The van der Waals surface area contributed by atoms with Gasteiger partial charge in [0.1, 0.15) is 12.6 Å². The van der Waals surface area contributed by atoms with E-state index >= 15 is 0 Å². The van der Waals surface area contributed by atoms with Crippen LogP contribution in [0.15, 0.2) is 30.3 Å². The highest BCUT2D eigenvalue weighted by molar-refractivity contribution is 6.33. The molecule has 1 atom stereocenters. The van der Waals surface area contributed by atoms with Crippen molar-refractivity contribution in [1.82, 2.24) is 10.2 Å². The van der Waals surface area contributed by atoms with E-state index in [4.69, 9.17) is 16.7 Å². The molecule has 1 fully saturated rings. The third-order valence-corrected chi connectivity index (χ3v) is 6.10. The first-order chi connectivity index (χ1) is 17.5. The number of halogens is 5. The van der Waals surface area contributed by atoms with E-state index in [1.165, 1.54) is 4.90 Å². The topological polar surface area (TPSA) is 113 Å². The highest BCUT2D eigenvalue weighted by Gasteiger charge is 2.32. The molecule has 1 aliphatic rings. The maximum absolute atomic E-state index is 13.8. The molecular formula is C24H21ClF4N2O6. The molecular weight excluding hydrogens is 524 g/mol. The third kappa shape index (κ3) is 6.76. The number of rotatable bonds is 9. The van der Waals surface area contributed by atoms with Gasteiger partial charge in [0.25, 0.3) is 5.91 Å². The van der Waals surface area contributed by atoms with Crippen LogP contribution in [-0.4, -0.2) is 59.3 Å². The zero-order chi connectivity index (χ0) is 27.3. The van der Waals surface area contributed by atoms with Crippen LogP contribution in [0.5, 0.6) is 5.75 Å². The average molecular weight is 545 g/mol. The fourth-order valence-electron chi connectivity index (χ4n) is 3.78. The number of Topliss-reactive ketones (excluding diaryl/α,β-unsaturated/α-hetero) is 1. The molecule has 0 bridgehead atoms. The van der Waals surface area contributed by atoms with Crippen LogP contribution in [0.3, 0.4) is 0 Å². The van der Waals surface area contributed by atoms with E-state index in [1.807, 2.05) is 0 Å². The first kappa shape index (κ1) is 27.9. The Balaban J connectivity index is 1.60. The second-order valence-electron chi connectivity index (χ2n) is 8.26. The van der Waals surface area contributed by atoms with E-state index in [9.17, 15) is 36.7 Å². The zero-order valence-electron chi connectivity index (χ0n) is 19.1. The highest BCUT2D eigenvalue weighted by atomic mass is 35.5. The molecule has 0 radical (unpaired) electrons. The number of carboxylic acids is 1. The number of benzene rings is 2. The maximum Gasteiger partial charge on any atom is 0.305 e. The van der Waals surface area contributed by atoms with Crippen molar-refractivity contribution in [3.05, 3.63) is 64.2 Å². The average Bonchev–Trinajstić information content (AvgIpc) is 2.86. The van der Waals surface area contributed by atoms with Crippen LogP contribution in [0, 0.1) is 29.2 Å². The lowest BCUT2D eigenvalue weighted by Gasteiger charge is -2.32. The highest BCUT2D eigenvalue weighted by Crippen LogP contribution is 2.27. The first-order valence-electron chi connectivity index (χ1n) is 11.0. The molecule has 2 aromatic rings. The van der Waals surface area contributed by atoms with Gasteiger partial charge in [-0.05, 0) is 25.0 Å². The smallest absolute Gasteiger partial charge is 0.305 e. The molecule has 198 valence electrons. The van der Waals surface area contributed by atoms with Crippen molar-refractivity contribution in [2.24, 2.45) is 5.92 Å². The molecule has 0 saturated carbocycles. The summed E-state index contributed by atoms with van der Waals surface area (Å²) < 4.78 is 58.8. The third-order valence-electron chi connectivity index (χ3n) is 5.77. The van der Waals surface area contributed by atoms with Crippen LogP contribution >= 0.6 is 11.6 Å². The van der Waals surface area contributed by atoms with E-state index in [0.29, 0.717) is 5.56 Å². The van der Waals surface area contributed by atoms with Crippen molar-refractivity contribution in [3.8, 4) is 5.75 Å². The van der Waals surface area contributed by atoms with Gasteiger partial charge in [0.2, 0.25) is 17.5 Å². The molecule has 1 saturated heterocycles. The standard InChI is InChI=1S/C24H21ClF4N2O6/c25-14-4-2-1-3-13(14)24(36)31-7-5-12(6-8-31)23(35)30-17(10-19(33)34)18(32)11-37-22-20(28)15(26)9-16(27)21(22)29/h1-4,9,12,17H,5-8,10-11H2,(H,30,35)(H,33,34)/t17-/m0/s1. The Morgan fingerprint density at radius 3 is 2.22 bits per heavy atom. The van der Waals surface area contributed by atoms with Gasteiger partial charge < -0.3 is 20.1 Å². The second-order valence-corrected chi connectivity index (χ2v) is 8.66. The summed E-state index contributed by atoms with van der Waals surface area (Å²) in [5.74, 6) is -12.9. The largest absolute Gasteiger partial charge is 0.481 e. The van der Waals surface area contributed by atoms with Crippen molar-refractivity contribution in [1.29, 1.82) is 0 Å². The van der Waals surface area contributed by atoms with Crippen molar-refractivity contribution < 1.29 is 46.6 Å². The number of amides is 2. The van der Waals surface area contributed by atoms with Crippen LogP contribution in [-0.2, 0) is 14.4 Å². The number of nitrogens with one attached hydrogen (secondary N) is 1. The van der Waals surface area contributed by atoms with Gasteiger partial charge in [-0.25, -0.2) is 8.78 Å². The summed E-state index contributed by atoms with van der Waals surface area (Å²) in [6, 6.07) is 4.81. The number of piperidine rings is 1. The lowest BCUT2D eigenvalue weighted by molar-refractivity contribution is -0.141. The van der Waals surface area contributed by atoms with Gasteiger partial charge in [0, 0.05) is 25.1 Å². The molecule has 0 spiro atoms. The summed E-state index contributed by atoms with van der Waals surface area (Å²) in [7, 11) is 0. The zero-order valence-corrected chi connectivity index (χ0v) is 19.9. The molecule has 0 aliphatic carbocycles. The van der Waals surface area contributed by atoms with Gasteiger partial charge in [0.15, 0.2) is 23.2 Å². The lowest BCUT2D eigenvalue weighted by atomic mass is 9.94. The van der Waals surface area contributed by atoms with Gasteiger partial charge >= 0.3 is 5.97 Å². The lowest BCUT2D eigenvalue weighted by Crippen LogP contribution is -2.49. The summed E-state index contributed by atoms with van der Waals surface area (Å²) in [4.78, 5) is 50.6. The Morgan fingerprint density at radius 1 is 1.05 bits per heavy atom. The summed E-state index contributed by atoms with van der Waals surface area (Å²) >= 11 is 6.06. The van der Waals surface area contributed by atoms with Gasteiger partial charge in [-0.2, -0.15) is 8.78 Å². The van der Waals surface area contributed by atoms with Crippen LogP contribution in [0.1, 0.15) is 29.6 Å². The van der Waals surface area contributed by atoms with E-state index in [1.54, 1.807) is 24.3 Å². The molecule has 1 aliphatic heterocycles. The van der Waals surface area contributed by atoms with Crippen molar-refractivity contribution in [2.45, 2.75) is 25.3 Å². The normalized spacial score (nSPS) is 14.7. The molecule has 2 amide bonds. The minimum absolute atomic E-state index is 0.0416. The van der Waals surface area contributed by atoms with Crippen molar-refractivity contribution >= 4 is 35.2 Å². The number of hydrogen-bond donors (Lipinski definition) is 2. The Hall–Kier alpha value is -3.67. The van der Waals surface area contributed by atoms with E-state index < -0.39 is 71.7 Å². The molecule has 13 heteroatoms. The van der Waals surface area contributed by atoms with Crippen LogP contribution in [0.2, 0.25) is 5.02 Å². The van der Waals surface area contributed by atoms with Crippen LogP contribution < -0.4 is 10.1 Å². The fraction of sp³-hybridized carbons (Fsp3) is 0.333. The summed E-state index contributed by atoms with van der Waals surface area (Å²) in [5.41, 5.74) is 0.310. The first-order valence-corrected chi connectivity index (χ1v) is 11.4. The number of hydrogen-bond acceptors (Lipinski definition) is 5. The quantitative estimate of drug-likeness (QED) is 0.370. The Kier molecular flexibility index (Phi) is 9.09. The second kappa shape index (κ2) is 12.0. The predicted molar refractivity (Wildman–Crippen MR) is 121 cm³/mol. The predicted octanol–water partition coefficient (Wildman–Crippen LogP) is 3.36. The van der Waals surface area contributed by atoms with Gasteiger partial charge in [0.05, 0.1) is 17.0 Å². The number of likely N-dealkylation sites (tertiary alicyclic amines) is 1. The molecule has 37 heavy (non-hydrogen) atoms. The SMILES string of the molecule is O=C(O)C[C@H](NC(=O)C1CCN(C(=O)c2ccccc2Cl)CC1)C(=O)COc1c(F)c(F)cc(F)c1F. The van der Waals surface area contributed by atoms with E-state index in [-0.39, 0.29) is 42.9 Å². The summed E-state index contributed by atoms with van der Waals surface area (Å²) in [5, 5.41) is 11.7. The number of carbonyl (C=O) groups excluding carboxylic acids is 3. The molecule has 3 rings (SSSR count). The fourth-order valence-corrected chi connectivity index (χ4v) is 4.00. The molecule has 2 aromatic carbocycles. The van der Waals surface area contributed by atoms with Gasteiger partial charge in [-0.3, -0.25) is 19.2 Å². The molecule has 8 nitrogen and oxygen atoms in total. The monoisotopic (exact) mass is 544 g/mol. The number of ketones is 1. The number of nitrogens with zero attached hydrogens (tertiary/aromatic N) is 1. The van der Waals surface area contributed by atoms with Crippen molar-refractivity contribution in [2.75, 3.05) is 19.7 Å². The molecule has 0 aromatic heterocycles. The minimum Gasteiger partial charge on any atom is -0.481 e. The Morgan fingerprint density at radius 2 is 1.65 bits per heavy atom.